The van der Waals surface area contributed by atoms with E-state index in [1.54, 1.807) is 35.1 Å². The van der Waals surface area contributed by atoms with Crippen LogP contribution in [0.2, 0.25) is 0 Å². The summed E-state index contributed by atoms with van der Waals surface area (Å²) < 4.78 is 40.5. The number of aromatic nitrogens is 3. The lowest BCUT2D eigenvalue weighted by Gasteiger charge is -2.11. The lowest BCUT2D eigenvalue weighted by atomic mass is 10.1. The van der Waals surface area contributed by atoms with Crippen LogP contribution in [0.5, 0.6) is 0 Å². The molecule has 4 aromatic rings. The van der Waals surface area contributed by atoms with Gasteiger partial charge in [0.15, 0.2) is 9.84 Å². The Bertz CT molecular complexity index is 1440. The Balaban J connectivity index is 1.58. The molecule has 3 heterocycles. The summed E-state index contributed by atoms with van der Waals surface area (Å²) in [6.45, 7) is 0. The molecule has 1 N–H and O–H groups in total. The highest BCUT2D eigenvalue weighted by Gasteiger charge is 2.29. The Kier molecular flexibility index (Phi) is 4.85. The highest BCUT2D eigenvalue weighted by atomic mass is 32.2. The molecule has 0 spiro atoms. The predicted molar refractivity (Wildman–Crippen MR) is 120 cm³/mol. The van der Waals surface area contributed by atoms with Gasteiger partial charge in [-0.25, -0.2) is 12.8 Å². The standard InChI is InChI=1S/C23H21FN4O3S/c1-27-12-16(11-25-27)21-13-28(19-5-3-17(24)4-6-19)22-10-15(2-7-20(21)22)23(29)26-18-8-9-32(30,31)14-18/h2-7,10-13,18H,8-9,14H2,1H3,(H,26,29). The third-order valence-corrected chi connectivity index (χ3v) is 7.52. The van der Waals surface area contributed by atoms with Crippen molar-refractivity contribution in [2.45, 2.75) is 12.5 Å². The number of sulfone groups is 1. The molecule has 0 aliphatic carbocycles. The van der Waals surface area contributed by atoms with E-state index < -0.39 is 9.84 Å². The zero-order valence-electron chi connectivity index (χ0n) is 17.3. The number of benzene rings is 2. The topological polar surface area (TPSA) is 86.0 Å². The molecular formula is C23H21FN4O3S. The number of nitrogens with zero attached hydrogens (tertiary/aromatic N) is 3. The fourth-order valence-corrected chi connectivity index (χ4v) is 5.82. The van der Waals surface area contributed by atoms with E-state index in [0.29, 0.717) is 12.0 Å². The van der Waals surface area contributed by atoms with E-state index in [1.807, 2.05) is 30.1 Å². The first-order valence-electron chi connectivity index (χ1n) is 10.2. The van der Waals surface area contributed by atoms with E-state index in [2.05, 4.69) is 10.4 Å². The highest BCUT2D eigenvalue weighted by Crippen LogP contribution is 2.33. The van der Waals surface area contributed by atoms with E-state index in [4.69, 9.17) is 0 Å². The Hall–Kier alpha value is -3.46. The number of hydrogen-bond acceptors (Lipinski definition) is 4. The van der Waals surface area contributed by atoms with Crippen LogP contribution < -0.4 is 5.32 Å². The lowest BCUT2D eigenvalue weighted by Crippen LogP contribution is -2.35. The number of halogens is 1. The van der Waals surface area contributed by atoms with Crippen molar-refractivity contribution in [2.75, 3.05) is 11.5 Å². The highest BCUT2D eigenvalue weighted by molar-refractivity contribution is 7.91. The van der Waals surface area contributed by atoms with E-state index in [0.717, 1.165) is 27.7 Å². The van der Waals surface area contributed by atoms with Crippen molar-refractivity contribution < 1.29 is 17.6 Å². The van der Waals surface area contributed by atoms with Gasteiger partial charge in [-0.2, -0.15) is 5.10 Å². The van der Waals surface area contributed by atoms with Gasteiger partial charge in [-0.15, -0.1) is 0 Å². The quantitative estimate of drug-likeness (QED) is 0.516. The number of fused-ring (bicyclic) bond motifs is 1. The summed E-state index contributed by atoms with van der Waals surface area (Å²) in [7, 11) is -1.25. The molecule has 1 unspecified atom stereocenters. The van der Waals surface area contributed by atoms with Gasteiger partial charge in [-0.05, 0) is 42.8 Å². The van der Waals surface area contributed by atoms with Gasteiger partial charge in [0, 0.05) is 53.2 Å². The van der Waals surface area contributed by atoms with E-state index >= 15 is 0 Å². The maximum atomic E-state index is 13.5. The van der Waals surface area contributed by atoms with E-state index in [-0.39, 0.29) is 29.3 Å². The molecule has 1 amide bonds. The van der Waals surface area contributed by atoms with Crippen LogP contribution >= 0.6 is 0 Å². The molecule has 0 bridgehead atoms. The van der Waals surface area contributed by atoms with Crippen molar-refractivity contribution in [2.24, 2.45) is 7.05 Å². The van der Waals surface area contributed by atoms with Crippen molar-refractivity contribution in [1.29, 1.82) is 0 Å². The van der Waals surface area contributed by atoms with Crippen LogP contribution in [0.3, 0.4) is 0 Å². The maximum Gasteiger partial charge on any atom is 0.251 e. The summed E-state index contributed by atoms with van der Waals surface area (Å²) >= 11 is 0. The molecule has 164 valence electrons. The molecule has 2 aromatic heterocycles. The second-order valence-electron chi connectivity index (χ2n) is 8.10. The van der Waals surface area contributed by atoms with Crippen LogP contribution in [-0.2, 0) is 16.9 Å². The average Bonchev–Trinajstić information content (AvgIpc) is 3.44. The molecule has 0 radical (unpaired) electrons. The molecule has 1 aliphatic heterocycles. The van der Waals surface area contributed by atoms with Crippen molar-refractivity contribution in [1.82, 2.24) is 19.7 Å². The molecule has 0 saturated carbocycles. The summed E-state index contributed by atoms with van der Waals surface area (Å²) in [6, 6.07) is 11.1. The molecule has 1 fully saturated rings. The Morgan fingerprint density at radius 3 is 2.59 bits per heavy atom. The number of hydrogen-bond donors (Lipinski definition) is 1. The number of carbonyl (C=O) groups excluding carboxylic acids is 1. The molecule has 1 aliphatic rings. The van der Waals surface area contributed by atoms with Gasteiger partial charge in [0.25, 0.3) is 5.91 Å². The van der Waals surface area contributed by atoms with Crippen LogP contribution in [0.1, 0.15) is 16.8 Å². The number of carbonyl (C=O) groups is 1. The van der Waals surface area contributed by atoms with E-state index in [9.17, 15) is 17.6 Å². The summed E-state index contributed by atoms with van der Waals surface area (Å²) in [5, 5.41) is 8.01. The third kappa shape index (κ3) is 3.80. The zero-order valence-corrected chi connectivity index (χ0v) is 18.1. The monoisotopic (exact) mass is 452 g/mol. The van der Waals surface area contributed by atoms with Crippen molar-refractivity contribution in [3.05, 3.63) is 72.4 Å². The van der Waals surface area contributed by atoms with Gasteiger partial charge in [-0.1, -0.05) is 6.07 Å². The first-order chi connectivity index (χ1) is 15.3. The minimum atomic E-state index is -3.09. The first kappa shape index (κ1) is 20.4. The second-order valence-corrected chi connectivity index (χ2v) is 10.3. The fourth-order valence-electron chi connectivity index (χ4n) is 4.15. The van der Waals surface area contributed by atoms with Gasteiger partial charge in [0.2, 0.25) is 0 Å². The normalized spacial score (nSPS) is 17.6. The van der Waals surface area contributed by atoms with Crippen LogP contribution in [-0.4, -0.2) is 46.2 Å². The maximum absolute atomic E-state index is 13.5. The van der Waals surface area contributed by atoms with Crippen LogP contribution in [0.25, 0.3) is 27.7 Å². The third-order valence-electron chi connectivity index (χ3n) is 5.76. The molecule has 32 heavy (non-hydrogen) atoms. The summed E-state index contributed by atoms with van der Waals surface area (Å²) in [5.41, 5.74) is 3.83. The number of nitrogens with one attached hydrogen (secondary N) is 1. The lowest BCUT2D eigenvalue weighted by molar-refractivity contribution is 0.0941. The van der Waals surface area contributed by atoms with Gasteiger partial charge in [0.05, 0.1) is 23.2 Å². The smallest absolute Gasteiger partial charge is 0.251 e. The minimum Gasteiger partial charge on any atom is -0.348 e. The van der Waals surface area contributed by atoms with Gasteiger partial charge in [-0.3, -0.25) is 9.48 Å². The van der Waals surface area contributed by atoms with Crippen molar-refractivity contribution >= 4 is 26.6 Å². The zero-order chi connectivity index (χ0) is 22.5. The SMILES string of the molecule is Cn1cc(-c2cn(-c3ccc(F)cc3)c3cc(C(=O)NC4CCS(=O)(=O)C4)ccc23)cn1. The summed E-state index contributed by atoms with van der Waals surface area (Å²) in [6.07, 6.45) is 6.05. The Labute approximate surface area is 184 Å². The minimum absolute atomic E-state index is 0.0297. The molecule has 2 aromatic carbocycles. The van der Waals surface area contributed by atoms with Gasteiger partial charge >= 0.3 is 0 Å². The average molecular weight is 453 g/mol. The Morgan fingerprint density at radius 1 is 1.16 bits per heavy atom. The van der Waals surface area contributed by atoms with Gasteiger partial charge < -0.3 is 9.88 Å². The second kappa shape index (κ2) is 7.59. The van der Waals surface area contributed by atoms with Crippen LogP contribution in [0.4, 0.5) is 4.39 Å². The molecular weight excluding hydrogens is 431 g/mol. The number of amides is 1. The summed E-state index contributed by atoms with van der Waals surface area (Å²) in [5.74, 6) is -0.579. The molecule has 1 atom stereocenters. The van der Waals surface area contributed by atoms with Crippen molar-refractivity contribution in [3.8, 4) is 16.8 Å². The largest absolute Gasteiger partial charge is 0.348 e. The molecule has 9 heteroatoms. The predicted octanol–water partition coefficient (Wildman–Crippen LogP) is 3.09. The molecule has 5 rings (SSSR count). The van der Waals surface area contributed by atoms with Crippen LogP contribution in [0.15, 0.2) is 61.1 Å². The van der Waals surface area contributed by atoms with Crippen molar-refractivity contribution in [3.63, 3.8) is 0 Å². The van der Waals surface area contributed by atoms with E-state index in [1.165, 1.54) is 12.1 Å². The van der Waals surface area contributed by atoms with Crippen LogP contribution in [0, 0.1) is 5.82 Å². The number of rotatable bonds is 4. The fraction of sp³-hybridized carbons (Fsp3) is 0.217. The Morgan fingerprint density at radius 2 is 1.94 bits per heavy atom. The first-order valence-corrected chi connectivity index (χ1v) is 12.0. The summed E-state index contributed by atoms with van der Waals surface area (Å²) in [4.78, 5) is 12.8. The number of aryl methyl sites for hydroxylation is 1. The van der Waals surface area contributed by atoms with Gasteiger partial charge in [0.1, 0.15) is 5.82 Å². The molecule has 7 nitrogen and oxygen atoms in total. The molecule has 1 saturated heterocycles.